The lowest BCUT2D eigenvalue weighted by molar-refractivity contribution is -0.284. The fourth-order valence-electron chi connectivity index (χ4n) is 5.64. The lowest BCUT2D eigenvalue weighted by Crippen LogP contribution is -2.41. The van der Waals surface area contributed by atoms with Crippen LogP contribution < -0.4 is 5.56 Å². The minimum atomic E-state index is -5.59. The van der Waals surface area contributed by atoms with Crippen molar-refractivity contribution < 1.29 is 35.5 Å². The van der Waals surface area contributed by atoms with Crippen molar-refractivity contribution >= 4 is 5.78 Å². The summed E-state index contributed by atoms with van der Waals surface area (Å²) in [5, 5.41) is 0. The van der Waals surface area contributed by atoms with Gasteiger partial charge in [0, 0.05) is 24.3 Å². The second kappa shape index (κ2) is 11.4. The molecule has 214 valence electrons. The van der Waals surface area contributed by atoms with E-state index >= 15 is 0 Å². The molecule has 0 aliphatic heterocycles. The molecule has 4 nitrogen and oxygen atoms in total. The Morgan fingerprint density at radius 1 is 1.05 bits per heavy atom. The Kier molecular flexibility index (Phi) is 8.56. The van der Waals surface area contributed by atoms with Gasteiger partial charge in [0.25, 0.3) is 5.56 Å². The van der Waals surface area contributed by atoms with Gasteiger partial charge in [-0.15, -0.1) is 0 Å². The van der Waals surface area contributed by atoms with E-state index in [9.17, 15) is 40.3 Å². The summed E-state index contributed by atoms with van der Waals surface area (Å²) in [6, 6.07) is 5.62. The van der Waals surface area contributed by atoms with Crippen LogP contribution in [0.2, 0.25) is 0 Å². The molecule has 2 aromatic rings. The zero-order chi connectivity index (χ0) is 28.5. The number of Topliss-reactive ketones (excluding diaryl/α,β-unsaturated/α-hetero) is 1. The molecule has 2 aliphatic carbocycles. The van der Waals surface area contributed by atoms with Crippen molar-refractivity contribution in [1.29, 1.82) is 0 Å². The van der Waals surface area contributed by atoms with Gasteiger partial charge in [0.1, 0.15) is 17.4 Å². The summed E-state index contributed by atoms with van der Waals surface area (Å²) in [5.74, 6) is -5.71. The fourth-order valence-corrected chi connectivity index (χ4v) is 5.64. The van der Waals surface area contributed by atoms with Crippen LogP contribution >= 0.6 is 0 Å². The van der Waals surface area contributed by atoms with Crippen LogP contribution in [0, 0.1) is 23.6 Å². The van der Waals surface area contributed by atoms with Crippen LogP contribution in [0.15, 0.2) is 29.1 Å². The zero-order valence-corrected chi connectivity index (χ0v) is 21.5. The third-order valence-electron chi connectivity index (χ3n) is 8.04. The first kappa shape index (κ1) is 29.3. The summed E-state index contributed by atoms with van der Waals surface area (Å²) in [6.07, 6.45) is -8.30. The van der Waals surface area contributed by atoms with Gasteiger partial charge in [-0.1, -0.05) is 31.9 Å². The quantitative estimate of drug-likeness (QED) is 0.313. The molecule has 1 aromatic carbocycles. The lowest BCUT2D eigenvalue weighted by atomic mass is 9.76. The summed E-state index contributed by atoms with van der Waals surface area (Å²) in [6.45, 7) is 1.97. The number of rotatable bonds is 9. The number of aryl methyl sites for hydroxylation is 1. The van der Waals surface area contributed by atoms with Crippen LogP contribution in [0.5, 0.6) is 0 Å². The van der Waals surface area contributed by atoms with Crippen LogP contribution in [-0.2, 0) is 24.1 Å². The van der Waals surface area contributed by atoms with E-state index in [1.165, 1.54) is 12.1 Å². The van der Waals surface area contributed by atoms with Gasteiger partial charge in [0.05, 0.1) is 11.7 Å². The van der Waals surface area contributed by atoms with E-state index in [4.69, 9.17) is 4.98 Å². The van der Waals surface area contributed by atoms with E-state index in [1.54, 1.807) is 16.7 Å². The predicted molar refractivity (Wildman–Crippen MR) is 130 cm³/mol. The second-order valence-electron chi connectivity index (χ2n) is 10.7. The number of nitrogens with zero attached hydrogens (tertiary/aromatic N) is 2. The molecule has 1 heterocycles. The number of unbranched alkanes of at least 4 members (excludes halogenated alkanes) is 1. The Labute approximate surface area is 221 Å². The highest BCUT2D eigenvalue weighted by Gasteiger charge is 2.57. The Balaban J connectivity index is 1.69. The summed E-state index contributed by atoms with van der Waals surface area (Å²) < 4.78 is 93.6. The van der Waals surface area contributed by atoms with E-state index in [1.807, 2.05) is 6.92 Å². The first-order chi connectivity index (χ1) is 18.3. The third-order valence-corrected chi connectivity index (χ3v) is 8.04. The first-order valence-electron chi connectivity index (χ1n) is 13.4. The van der Waals surface area contributed by atoms with Crippen molar-refractivity contribution in [2.75, 3.05) is 0 Å². The van der Waals surface area contributed by atoms with E-state index < -0.39 is 42.2 Å². The topological polar surface area (TPSA) is 52.0 Å². The Morgan fingerprint density at radius 2 is 1.69 bits per heavy atom. The molecule has 39 heavy (non-hydrogen) atoms. The van der Waals surface area contributed by atoms with Gasteiger partial charge in [-0.05, 0) is 62.1 Å². The Hall–Kier alpha value is -2.72. The van der Waals surface area contributed by atoms with Crippen molar-refractivity contribution in [3.05, 3.63) is 63.1 Å². The fraction of sp³-hybridized carbons (Fsp3) is 0.607. The molecule has 0 amide bonds. The molecule has 1 aromatic heterocycles. The molecule has 1 fully saturated rings. The number of carbonyl (C=O) groups is 1. The van der Waals surface area contributed by atoms with E-state index in [0.29, 0.717) is 24.2 Å². The molecular formula is C28H31F7N2O2. The summed E-state index contributed by atoms with van der Waals surface area (Å²) in [4.78, 5) is 31.3. The number of benzene rings is 1. The maximum absolute atomic E-state index is 13.9. The minimum Gasteiger partial charge on any atom is -0.299 e. The lowest BCUT2D eigenvalue weighted by Gasteiger charge is -2.37. The predicted octanol–water partition coefficient (Wildman–Crippen LogP) is 6.92. The number of hydrogen-bond donors (Lipinski definition) is 0. The number of carbonyl (C=O) groups excluding carboxylic acids is 1. The molecule has 2 aliphatic rings. The van der Waals surface area contributed by atoms with Gasteiger partial charge < -0.3 is 0 Å². The molecule has 0 N–H and O–H groups in total. The Bertz CT molecular complexity index is 1220. The summed E-state index contributed by atoms with van der Waals surface area (Å²) in [5.41, 5.74) is 1.08. The summed E-state index contributed by atoms with van der Waals surface area (Å²) >= 11 is 0. The van der Waals surface area contributed by atoms with Crippen LogP contribution in [0.1, 0.15) is 80.6 Å². The van der Waals surface area contributed by atoms with Gasteiger partial charge in [0.2, 0.25) is 0 Å². The van der Waals surface area contributed by atoms with Gasteiger partial charge in [-0.2, -0.15) is 26.3 Å². The molecule has 2 unspecified atom stereocenters. The standard InChI is InChI=1S/C28H31F7N2O2/c1-2-3-7-24-36-21-14-18(22(38)15-23(27(30,31)32)28(33,34)35)10-13-20(21)26(39)37(24)25(16-5-4-6-16)17-8-11-19(29)12-9-17/h8-9,11-12,16,18,23,25H,2-7,10,13-15H2,1H3. The smallest absolute Gasteiger partial charge is 0.299 e. The molecule has 1 saturated carbocycles. The molecule has 0 saturated heterocycles. The van der Waals surface area contributed by atoms with Crippen molar-refractivity contribution in [3.8, 4) is 0 Å². The van der Waals surface area contributed by atoms with Gasteiger partial charge in [-0.3, -0.25) is 14.2 Å². The monoisotopic (exact) mass is 560 g/mol. The maximum Gasteiger partial charge on any atom is 0.400 e. The van der Waals surface area contributed by atoms with Gasteiger partial charge in [0.15, 0.2) is 5.92 Å². The maximum atomic E-state index is 13.9. The van der Waals surface area contributed by atoms with Crippen LogP contribution in [0.4, 0.5) is 30.7 Å². The number of alkyl halides is 6. The highest BCUT2D eigenvalue weighted by Crippen LogP contribution is 2.43. The molecule has 0 radical (unpaired) electrons. The zero-order valence-electron chi connectivity index (χ0n) is 21.5. The minimum absolute atomic E-state index is 0.0237. The van der Waals surface area contributed by atoms with Crippen molar-refractivity contribution in [3.63, 3.8) is 0 Å². The molecule has 11 heteroatoms. The highest BCUT2D eigenvalue weighted by molar-refractivity contribution is 5.82. The van der Waals surface area contributed by atoms with Crippen molar-refractivity contribution in [2.45, 2.75) is 89.5 Å². The number of ketones is 1. The number of hydrogen-bond acceptors (Lipinski definition) is 3. The van der Waals surface area contributed by atoms with E-state index in [2.05, 4.69) is 0 Å². The number of aromatic nitrogens is 2. The SMILES string of the molecule is CCCCc1nc2c(c(=O)n1C(c1ccc(F)cc1)C1CCC1)CCC(C(=O)CC(C(F)(F)F)C(F)(F)F)C2. The van der Waals surface area contributed by atoms with Crippen LogP contribution in [-0.4, -0.2) is 27.7 Å². The van der Waals surface area contributed by atoms with Crippen LogP contribution in [0.3, 0.4) is 0 Å². The van der Waals surface area contributed by atoms with E-state index in [0.717, 1.165) is 31.2 Å². The number of halogens is 7. The van der Waals surface area contributed by atoms with Crippen molar-refractivity contribution in [2.24, 2.45) is 17.8 Å². The van der Waals surface area contributed by atoms with Crippen LogP contribution in [0.25, 0.3) is 0 Å². The summed E-state index contributed by atoms with van der Waals surface area (Å²) in [7, 11) is 0. The number of fused-ring (bicyclic) bond motifs is 1. The first-order valence-corrected chi connectivity index (χ1v) is 13.4. The normalized spacial score (nSPS) is 19.1. The Morgan fingerprint density at radius 3 is 2.23 bits per heavy atom. The third kappa shape index (κ3) is 6.38. The van der Waals surface area contributed by atoms with Gasteiger partial charge >= 0.3 is 12.4 Å². The molecule has 0 spiro atoms. The average molecular weight is 561 g/mol. The molecule has 2 atom stereocenters. The van der Waals surface area contributed by atoms with Crippen molar-refractivity contribution in [1.82, 2.24) is 9.55 Å². The van der Waals surface area contributed by atoms with Gasteiger partial charge in [-0.25, -0.2) is 9.37 Å². The van der Waals surface area contributed by atoms with E-state index in [-0.39, 0.29) is 42.5 Å². The average Bonchev–Trinajstić information content (AvgIpc) is 2.82. The molecular weight excluding hydrogens is 529 g/mol. The molecule has 4 rings (SSSR count). The highest BCUT2D eigenvalue weighted by atomic mass is 19.4. The largest absolute Gasteiger partial charge is 0.400 e. The second-order valence-corrected chi connectivity index (χ2v) is 10.7. The molecule has 0 bridgehead atoms.